The van der Waals surface area contributed by atoms with Crippen LogP contribution >= 0.6 is 23.4 Å². The highest BCUT2D eigenvalue weighted by atomic mass is 35.5. The van der Waals surface area contributed by atoms with Crippen LogP contribution in [0.1, 0.15) is 11.3 Å². The van der Waals surface area contributed by atoms with Crippen LogP contribution in [0.25, 0.3) is 0 Å². The van der Waals surface area contributed by atoms with Gasteiger partial charge in [0.15, 0.2) is 0 Å². The molecule has 80 valence electrons. The molecule has 16 heavy (non-hydrogen) atoms. The average Bonchev–Trinajstić information content (AvgIpc) is 2.79. The average molecular weight is 250 g/mol. The number of benzene rings is 1. The van der Waals surface area contributed by atoms with Crippen molar-refractivity contribution in [3.05, 3.63) is 52.9 Å². The van der Waals surface area contributed by atoms with Crippen LogP contribution in [0.3, 0.4) is 0 Å². The van der Waals surface area contributed by atoms with Crippen LogP contribution in [0.15, 0.2) is 45.9 Å². The van der Waals surface area contributed by atoms with Crippen molar-refractivity contribution in [3.63, 3.8) is 0 Å². The number of hydrogen-bond donors (Lipinski definition) is 0. The summed E-state index contributed by atoms with van der Waals surface area (Å²) >= 11 is 7.47. The van der Waals surface area contributed by atoms with Gasteiger partial charge in [-0.25, -0.2) is 0 Å². The predicted molar refractivity (Wildman–Crippen MR) is 64.4 cm³/mol. The molecular formula is C12H8ClNOS. The monoisotopic (exact) mass is 249 g/mol. The molecule has 0 unspecified atom stereocenters. The second-order valence-electron chi connectivity index (χ2n) is 3.09. The zero-order chi connectivity index (χ0) is 11.4. The van der Waals surface area contributed by atoms with E-state index in [4.69, 9.17) is 21.3 Å². The molecule has 0 saturated heterocycles. The zero-order valence-electron chi connectivity index (χ0n) is 8.31. The maximum Gasteiger partial charge on any atom is 0.113 e. The van der Waals surface area contributed by atoms with E-state index < -0.39 is 0 Å². The highest BCUT2D eigenvalue weighted by molar-refractivity contribution is 7.98. The summed E-state index contributed by atoms with van der Waals surface area (Å²) in [6, 6.07) is 11.3. The lowest BCUT2D eigenvalue weighted by Gasteiger charge is -2.03. The Bertz CT molecular complexity index is 516. The molecule has 0 spiro atoms. The Labute approximate surface area is 103 Å². The first-order valence-corrected chi connectivity index (χ1v) is 6.01. The summed E-state index contributed by atoms with van der Waals surface area (Å²) in [6.07, 6.45) is 1.64. The summed E-state index contributed by atoms with van der Waals surface area (Å²) in [5.74, 6) is 1.58. The van der Waals surface area contributed by atoms with E-state index in [2.05, 4.69) is 6.07 Å². The number of nitriles is 1. The molecule has 2 rings (SSSR count). The van der Waals surface area contributed by atoms with Gasteiger partial charge in [-0.05, 0) is 24.3 Å². The summed E-state index contributed by atoms with van der Waals surface area (Å²) in [5.41, 5.74) is 0.528. The molecule has 0 saturated carbocycles. The largest absolute Gasteiger partial charge is 0.468 e. The van der Waals surface area contributed by atoms with E-state index in [9.17, 15) is 0 Å². The fourth-order valence-electron chi connectivity index (χ4n) is 1.28. The van der Waals surface area contributed by atoms with E-state index in [-0.39, 0.29) is 0 Å². The van der Waals surface area contributed by atoms with Crippen molar-refractivity contribution in [1.29, 1.82) is 5.26 Å². The van der Waals surface area contributed by atoms with Crippen LogP contribution in [0.5, 0.6) is 0 Å². The van der Waals surface area contributed by atoms with Crippen molar-refractivity contribution in [2.75, 3.05) is 0 Å². The lowest BCUT2D eigenvalue weighted by Crippen LogP contribution is -1.83. The molecule has 1 aromatic carbocycles. The minimum Gasteiger partial charge on any atom is -0.468 e. The van der Waals surface area contributed by atoms with Gasteiger partial charge in [0, 0.05) is 4.90 Å². The first kappa shape index (κ1) is 11.1. The molecular weight excluding hydrogens is 242 g/mol. The molecule has 0 radical (unpaired) electrons. The maximum atomic E-state index is 8.99. The van der Waals surface area contributed by atoms with Crippen LogP contribution in [0, 0.1) is 11.3 Å². The van der Waals surface area contributed by atoms with Gasteiger partial charge >= 0.3 is 0 Å². The Morgan fingerprint density at radius 3 is 2.88 bits per heavy atom. The van der Waals surface area contributed by atoms with Crippen LogP contribution < -0.4 is 0 Å². The van der Waals surface area contributed by atoms with Crippen molar-refractivity contribution in [3.8, 4) is 6.07 Å². The Hall–Kier alpha value is -1.37. The maximum absolute atomic E-state index is 8.99. The summed E-state index contributed by atoms with van der Waals surface area (Å²) < 4.78 is 5.22. The Morgan fingerprint density at radius 1 is 1.31 bits per heavy atom. The molecule has 0 bridgehead atoms. The van der Waals surface area contributed by atoms with E-state index in [1.807, 2.05) is 24.3 Å². The molecule has 2 aromatic rings. The summed E-state index contributed by atoms with van der Waals surface area (Å²) in [7, 11) is 0. The van der Waals surface area contributed by atoms with Gasteiger partial charge in [-0.2, -0.15) is 5.26 Å². The lowest BCUT2D eigenvalue weighted by atomic mass is 10.2. The van der Waals surface area contributed by atoms with Crippen molar-refractivity contribution in [1.82, 2.24) is 0 Å². The van der Waals surface area contributed by atoms with E-state index >= 15 is 0 Å². The number of thioether (sulfide) groups is 1. The quantitative estimate of drug-likeness (QED) is 0.769. The molecule has 0 fully saturated rings. The van der Waals surface area contributed by atoms with Gasteiger partial charge in [0.25, 0.3) is 0 Å². The molecule has 0 atom stereocenters. The third-order valence-corrected chi connectivity index (χ3v) is 3.43. The molecule has 1 heterocycles. The SMILES string of the molecule is N#Cc1c(Cl)cccc1SCc1ccco1. The highest BCUT2D eigenvalue weighted by Gasteiger charge is 2.07. The number of hydrogen-bond acceptors (Lipinski definition) is 3. The van der Waals surface area contributed by atoms with Gasteiger partial charge in [-0.15, -0.1) is 11.8 Å². The van der Waals surface area contributed by atoms with E-state index in [0.717, 1.165) is 10.7 Å². The summed E-state index contributed by atoms with van der Waals surface area (Å²) in [5, 5.41) is 9.48. The van der Waals surface area contributed by atoms with Crippen LogP contribution in [0.2, 0.25) is 5.02 Å². The third-order valence-electron chi connectivity index (χ3n) is 2.04. The second kappa shape index (κ2) is 5.11. The van der Waals surface area contributed by atoms with Gasteiger partial charge in [0.05, 0.1) is 22.6 Å². The van der Waals surface area contributed by atoms with Gasteiger partial charge in [-0.3, -0.25) is 0 Å². The number of furan rings is 1. The van der Waals surface area contributed by atoms with Crippen molar-refractivity contribution in [2.45, 2.75) is 10.6 Å². The highest BCUT2D eigenvalue weighted by Crippen LogP contribution is 2.30. The second-order valence-corrected chi connectivity index (χ2v) is 4.52. The van der Waals surface area contributed by atoms with E-state index in [1.165, 1.54) is 0 Å². The normalized spacial score (nSPS) is 10.0. The fourth-order valence-corrected chi connectivity index (χ4v) is 2.49. The lowest BCUT2D eigenvalue weighted by molar-refractivity contribution is 0.530. The van der Waals surface area contributed by atoms with E-state index in [1.54, 1.807) is 24.1 Å². The molecule has 1 aromatic heterocycles. The summed E-state index contributed by atoms with van der Waals surface area (Å²) in [6.45, 7) is 0. The number of rotatable bonds is 3. The third kappa shape index (κ3) is 2.41. The number of nitrogens with zero attached hydrogens (tertiary/aromatic N) is 1. The Morgan fingerprint density at radius 2 is 2.19 bits per heavy atom. The molecule has 0 amide bonds. The first-order chi connectivity index (χ1) is 7.81. The molecule has 0 aliphatic carbocycles. The minimum absolute atomic E-state index is 0.493. The van der Waals surface area contributed by atoms with Crippen molar-refractivity contribution in [2.24, 2.45) is 0 Å². The Balaban J connectivity index is 2.16. The van der Waals surface area contributed by atoms with Crippen LogP contribution in [-0.2, 0) is 5.75 Å². The standard InChI is InChI=1S/C12H8ClNOS/c13-11-4-1-5-12(10(11)7-14)16-8-9-3-2-6-15-9/h1-6H,8H2. The fraction of sp³-hybridized carbons (Fsp3) is 0.0833. The smallest absolute Gasteiger partial charge is 0.113 e. The molecule has 0 N–H and O–H groups in total. The summed E-state index contributed by atoms with van der Waals surface area (Å²) in [4.78, 5) is 0.881. The minimum atomic E-state index is 0.493. The molecule has 2 nitrogen and oxygen atoms in total. The topological polar surface area (TPSA) is 36.9 Å². The van der Waals surface area contributed by atoms with Gasteiger partial charge in [-0.1, -0.05) is 17.7 Å². The zero-order valence-corrected chi connectivity index (χ0v) is 9.89. The Kier molecular flexibility index (Phi) is 3.55. The van der Waals surface area contributed by atoms with Gasteiger partial charge in [0.2, 0.25) is 0 Å². The van der Waals surface area contributed by atoms with E-state index in [0.29, 0.717) is 16.3 Å². The molecule has 0 aliphatic rings. The number of halogens is 1. The van der Waals surface area contributed by atoms with Gasteiger partial charge in [0.1, 0.15) is 11.8 Å². The predicted octanol–water partition coefficient (Wildman–Crippen LogP) is 4.10. The van der Waals surface area contributed by atoms with Gasteiger partial charge < -0.3 is 4.42 Å². The van der Waals surface area contributed by atoms with Crippen molar-refractivity contribution < 1.29 is 4.42 Å². The molecule has 4 heteroatoms. The van der Waals surface area contributed by atoms with Crippen LogP contribution in [0.4, 0.5) is 0 Å². The first-order valence-electron chi connectivity index (χ1n) is 4.65. The van der Waals surface area contributed by atoms with Crippen molar-refractivity contribution >= 4 is 23.4 Å². The molecule has 0 aliphatic heterocycles. The van der Waals surface area contributed by atoms with Crippen LogP contribution in [-0.4, -0.2) is 0 Å².